The van der Waals surface area contributed by atoms with Gasteiger partial charge in [-0.05, 0) is 12.3 Å². The molecule has 0 atom stereocenters. The van der Waals surface area contributed by atoms with Crippen LogP contribution in [0.2, 0.25) is 5.02 Å². The van der Waals surface area contributed by atoms with Crippen LogP contribution in [-0.4, -0.2) is 16.3 Å². The highest BCUT2D eigenvalue weighted by Gasteiger charge is 2.09. The molecule has 74 valence electrons. The Morgan fingerprint density at radius 2 is 2.31 bits per heavy atom. The molecular formula is C9H16ClN3. The van der Waals surface area contributed by atoms with Gasteiger partial charge in [0.05, 0.1) is 23.5 Å². The van der Waals surface area contributed by atoms with Crippen molar-refractivity contribution >= 4 is 11.6 Å². The van der Waals surface area contributed by atoms with Crippen LogP contribution in [0, 0.1) is 5.92 Å². The lowest BCUT2D eigenvalue weighted by atomic mass is 10.1. The summed E-state index contributed by atoms with van der Waals surface area (Å²) in [5.74, 6) is 0.589. The summed E-state index contributed by atoms with van der Waals surface area (Å²) in [6, 6.07) is 0. The van der Waals surface area contributed by atoms with Crippen molar-refractivity contribution in [2.75, 3.05) is 6.54 Å². The summed E-state index contributed by atoms with van der Waals surface area (Å²) in [5.41, 5.74) is 6.56. The fourth-order valence-electron chi connectivity index (χ4n) is 1.29. The third-order valence-electron chi connectivity index (χ3n) is 1.84. The second-order valence-corrected chi connectivity index (χ2v) is 3.96. The van der Waals surface area contributed by atoms with E-state index in [0.29, 0.717) is 12.5 Å². The zero-order chi connectivity index (χ0) is 9.84. The molecule has 0 spiro atoms. The molecule has 3 nitrogen and oxygen atoms in total. The van der Waals surface area contributed by atoms with Crippen LogP contribution in [-0.2, 0) is 13.0 Å². The maximum absolute atomic E-state index is 6.00. The van der Waals surface area contributed by atoms with Gasteiger partial charge in [-0.25, -0.2) is 0 Å². The smallest absolute Gasteiger partial charge is 0.0817 e. The van der Waals surface area contributed by atoms with E-state index in [-0.39, 0.29) is 0 Å². The van der Waals surface area contributed by atoms with E-state index in [0.717, 1.165) is 23.7 Å². The van der Waals surface area contributed by atoms with Crippen LogP contribution in [0.5, 0.6) is 0 Å². The molecule has 0 aliphatic rings. The van der Waals surface area contributed by atoms with E-state index in [9.17, 15) is 0 Å². The highest BCUT2D eigenvalue weighted by molar-refractivity contribution is 6.31. The van der Waals surface area contributed by atoms with Gasteiger partial charge in [-0.15, -0.1) is 0 Å². The van der Waals surface area contributed by atoms with Gasteiger partial charge in [0.1, 0.15) is 0 Å². The highest BCUT2D eigenvalue weighted by atomic mass is 35.5. The number of aromatic nitrogens is 2. The Kier molecular flexibility index (Phi) is 3.75. The molecule has 0 saturated heterocycles. The average molecular weight is 202 g/mol. The minimum atomic E-state index is 0.589. The van der Waals surface area contributed by atoms with Crippen LogP contribution >= 0.6 is 11.6 Å². The summed E-state index contributed by atoms with van der Waals surface area (Å²) < 4.78 is 1.89. The van der Waals surface area contributed by atoms with Gasteiger partial charge in [-0.2, -0.15) is 5.10 Å². The number of hydrogen-bond acceptors (Lipinski definition) is 2. The zero-order valence-corrected chi connectivity index (χ0v) is 8.88. The van der Waals surface area contributed by atoms with Crippen LogP contribution in [0.15, 0.2) is 6.20 Å². The first-order valence-corrected chi connectivity index (χ1v) is 4.93. The average Bonchev–Trinajstić information content (AvgIpc) is 2.36. The molecule has 1 aromatic heterocycles. The van der Waals surface area contributed by atoms with Crippen molar-refractivity contribution in [2.24, 2.45) is 11.7 Å². The van der Waals surface area contributed by atoms with Gasteiger partial charge in [0, 0.05) is 6.54 Å². The molecular weight excluding hydrogens is 186 g/mol. The summed E-state index contributed by atoms with van der Waals surface area (Å²) in [6.45, 7) is 5.67. The van der Waals surface area contributed by atoms with E-state index in [2.05, 4.69) is 18.9 Å². The first-order valence-electron chi connectivity index (χ1n) is 4.55. The summed E-state index contributed by atoms with van der Waals surface area (Å²) in [7, 11) is 0. The van der Waals surface area contributed by atoms with Crippen molar-refractivity contribution in [3.8, 4) is 0 Å². The molecule has 2 N–H and O–H groups in total. The molecule has 13 heavy (non-hydrogen) atoms. The Labute approximate surface area is 83.9 Å². The van der Waals surface area contributed by atoms with Crippen LogP contribution < -0.4 is 5.73 Å². The summed E-state index contributed by atoms with van der Waals surface area (Å²) in [4.78, 5) is 0. The van der Waals surface area contributed by atoms with Crippen LogP contribution in [0.3, 0.4) is 0 Å². The third kappa shape index (κ3) is 2.71. The van der Waals surface area contributed by atoms with E-state index in [1.54, 1.807) is 6.20 Å². The summed E-state index contributed by atoms with van der Waals surface area (Å²) >= 11 is 6.00. The normalized spacial score (nSPS) is 11.2. The van der Waals surface area contributed by atoms with E-state index >= 15 is 0 Å². The number of rotatable bonds is 4. The molecule has 0 aromatic carbocycles. The molecule has 1 heterocycles. The Morgan fingerprint density at radius 3 is 2.85 bits per heavy atom. The lowest BCUT2D eigenvalue weighted by Gasteiger charge is -2.08. The maximum Gasteiger partial charge on any atom is 0.0817 e. The van der Waals surface area contributed by atoms with Gasteiger partial charge in [0.15, 0.2) is 0 Å². The van der Waals surface area contributed by atoms with Gasteiger partial charge in [-0.3, -0.25) is 4.68 Å². The molecule has 1 aromatic rings. The van der Waals surface area contributed by atoms with Crippen LogP contribution in [0.1, 0.15) is 19.5 Å². The number of halogens is 1. The lowest BCUT2D eigenvalue weighted by Crippen LogP contribution is -2.14. The van der Waals surface area contributed by atoms with Crippen molar-refractivity contribution in [2.45, 2.75) is 26.8 Å². The lowest BCUT2D eigenvalue weighted by molar-refractivity contribution is 0.549. The van der Waals surface area contributed by atoms with E-state index < -0.39 is 0 Å². The van der Waals surface area contributed by atoms with Gasteiger partial charge in [-0.1, -0.05) is 25.4 Å². The predicted molar refractivity (Wildman–Crippen MR) is 54.8 cm³/mol. The summed E-state index contributed by atoms with van der Waals surface area (Å²) in [6.07, 6.45) is 2.65. The molecule has 0 saturated carbocycles. The van der Waals surface area contributed by atoms with Crippen molar-refractivity contribution in [3.05, 3.63) is 16.9 Å². The van der Waals surface area contributed by atoms with E-state index in [1.165, 1.54) is 0 Å². The minimum absolute atomic E-state index is 0.589. The largest absolute Gasteiger partial charge is 0.329 e. The molecule has 0 amide bonds. The highest BCUT2D eigenvalue weighted by Crippen LogP contribution is 2.18. The first kappa shape index (κ1) is 10.5. The van der Waals surface area contributed by atoms with Gasteiger partial charge in [0.25, 0.3) is 0 Å². The molecule has 0 unspecified atom stereocenters. The number of hydrogen-bond donors (Lipinski definition) is 1. The monoisotopic (exact) mass is 201 g/mol. The minimum Gasteiger partial charge on any atom is -0.329 e. The maximum atomic E-state index is 6.00. The molecule has 0 aliphatic heterocycles. The van der Waals surface area contributed by atoms with Crippen molar-refractivity contribution < 1.29 is 0 Å². The van der Waals surface area contributed by atoms with Crippen molar-refractivity contribution in [1.29, 1.82) is 0 Å². The van der Waals surface area contributed by atoms with Gasteiger partial charge in [0.2, 0.25) is 0 Å². The summed E-state index contributed by atoms with van der Waals surface area (Å²) in [5, 5.41) is 4.92. The van der Waals surface area contributed by atoms with E-state index in [4.69, 9.17) is 17.3 Å². The SMILES string of the molecule is CC(C)Cc1c(Cl)cnn1CCN. The second kappa shape index (κ2) is 4.63. The Morgan fingerprint density at radius 1 is 1.62 bits per heavy atom. The molecule has 4 heteroatoms. The Hall–Kier alpha value is -0.540. The van der Waals surface area contributed by atoms with Gasteiger partial charge < -0.3 is 5.73 Å². The Bertz CT molecular complexity index is 268. The second-order valence-electron chi connectivity index (χ2n) is 3.55. The molecule has 0 fully saturated rings. The molecule has 0 radical (unpaired) electrons. The fourth-order valence-corrected chi connectivity index (χ4v) is 1.51. The van der Waals surface area contributed by atoms with Gasteiger partial charge >= 0.3 is 0 Å². The van der Waals surface area contributed by atoms with Crippen molar-refractivity contribution in [3.63, 3.8) is 0 Å². The molecule has 0 aliphatic carbocycles. The zero-order valence-electron chi connectivity index (χ0n) is 8.13. The number of nitrogens with two attached hydrogens (primary N) is 1. The molecule has 0 bridgehead atoms. The molecule has 1 rings (SSSR count). The Balaban J connectivity index is 2.81. The topological polar surface area (TPSA) is 43.8 Å². The number of nitrogens with zero attached hydrogens (tertiary/aromatic N) is 2. The van der Waals surface area contributed by atoms with Crippen LogP contribution in [0.25, 0.3) is 0 Å². The fraction of sp³-hybridized carbons (Fsp3) is 0.667. The van der Waals surface area contributed by atoms with E-state index in [1.807, 2.05) is 4.68 Å². The van der Waals surface area contributed by atoms with Crippen molar-refractivity contribution in [1.82, 2.24) is 9.78 Å². The van der Waals surface area contributed by atoms with Crippen LogP contribution in [0.4, 0.5) is 0 Å². The third-order valence-corrected chi connectivity index (χ3v) is 2.16. The quantitative estimate of drug-likeness (QED) is 0.806. The predicted octanol–water partition coefficient (Wildman–Crippen LogP) is 1.69. The first-order chi connectivity index (χ1) is 6.15. The standard InChI is InChI=1S/C9H16ClN3/c1-7(2)5-9-8(10)6-12-13(9)4-3-11/h6-7H,3-5,11H2,1-2H3.